The second-order valence-electron chi connectivity index (χ2n) is 4.02. The summed E-state index contributed by atoms with van der Waals surface area (Å²) >= 11 is 0. The highest BCUT2D eigenvalue weighted by molar-refractivity contribution is 5.46. The lowest BCUT2D eigenvalue weighted by Gasteiger charge is -2.25. The highest BCUT2D eigenvalue weighted by atomic mass is 16.5. The topological polar surface area (TPSA) is 60.6 Å². The third-order valence-electron chi connectivity index (χ3n) is 2.73. The monoisotopic (exact) mass is 253 g/mol. The lowest BCUT2D eigenvalue weighted by atomic mass is 10.2. The van der Waals surface area contributed by atoms with Gasteiger partial charge in [0.05, 0.1) is 6.61 Å². The predicted molar refractivity (Wildman–Crippen MR) is 72.7 cm³/mol. The summed E-state index contributed by atoms with van der Waals surface area (Å²) < 4.78 is 10.2. The zero-order chi connectivity index (χ0) is 13.2. The van der Waals surface area contributed by atoms with Crippen LogP contribution < -0.4 is 10.6 Å². The Balaban J connectivity index is 2.72. The number of aromatic nitrogens is 1. The molecule has 18 heavy (non-hydrogen) atoms. The number of methoxy groups -OCH3 is 2. The van der Waals surface area contributed by atoms with Crippen LogP contribution in [0.3, 0.4) is 0 Å². The van der Waals surface area contributed by atoms with Crippen LogP contribution in [-0.2, 0) is 16.0 Å². The van der Waals surface area contributed by atoms with Crippen LogP contribution in [0.1, 0.15) is 12.0 Å². The first-order valence-corrected chi connectivity index (χ1v) is 6.20. The van der Waals surface area contributed by atoms with Gasteiger partial charge >= 0.3 is 0 Å². The van der Waals surface area contributed by atoms with E-state index >= 15 is 0 Å². The summed E-state index contributed by atoms with van der Waals surface area (Å²) in [7, 11) is 3.42. The van der Waals surface area contributed by atoms with Crippen molar-refractivity contribution in [3.63, 3.8) is 0 Å². The van der Waals surface area contributed by atoms with E-state index in [1.54, 1.807) is 20.4 Å². The fraction of sp³-hybridized carbons (Fsp3) is 0.615. The summed E-state index contributed by atoms with van der Waals surface area (Å²) in [5.74, 6) is 0.952. The Morgan fingerprint density at radius 1 is 1.22 bits per heavy atom. The summed E-state index contributed by atoms with van der Waals surface area (Å²) in [4.78, 5) is 6.63. The number of pyridine rings is 1. The van der Waals surface area contributed by atoms with Crippen LogP contribution in [0.2, 0.25) is 0 Å². The van der Waals surface area contributed by atoms with Gasteiger partial charge in [-0.1, -0.05) is 6.07 Å². The molecule has 0 saturated carbocycles. The quantitative estimate of drug-likeness (QED) is 0.666. The second kappa shape index (κ2) is 8.85. The molecular weight excluding hydrogens is 230 g/mol. The van der Waals surface area contributed by atoms with E-state index in [1.807, 2.05) is 12.1 Å². The first-order valence-electron chi connectivity index (χ1n) is 6.20. The van der Waals surface area contributed by atoms with Crippen LogP contribution in [-0.4, -0.2) is 45.5 Å². The summed E-state index contributed by atoms with van der Waals surface area (Å²) in [6.07, 6.45) is 2.76. The summed E-state index contributed by atoms with van der Waals surface area (Å²) in [6, 6.07) is 3.92. The lowest BCUT2D eigenvalue weighted by Crippen LogP contribution is -2.31. The van der Waals surface area contributed by atoms with Crippen molar-refractivity contribution >= 4 is 5.82 Å². The number of nitrogens with zero attached hydrogens (tertiary/aromatic N) is 2. The molecule has 0 unspecified atom stereocenters. The van der Waals surface area contributed by atoms with E-state index in [2.05, 4.69) is 9.88 Å². The molecule has 0 saturated heterocycles. The molecule has 1 aromatic rings. The Labute approximate surface area is 109 Å². The number of hydrogen-bond donors (Lipinski definition) is 1. The van der Waals surface area contributed by atoms with E-state index in [0.29, 0.717) is 13.2 Å². The summed E-state index contributed by atoms with van der Waals surface area (Å²) in [5.41, 5.74) is 6.81. The predicted octanol–water partition coefficient (Wildman–Crippen LogP) is 1.03. The number of anilines is 1. The zero-order valence-corrected chi connectivity index (χ0v) is 11.3. The van der Waals surface area contributed by atoms with Crippen molar-refractivity contribution in [1.82, 2.24) is 4.98 Å². The SMILES string of the molecule is COCCCN(CCOC)c1ncccc1CN. The molecule has 1 rings (SSSR count). The maximum absolute atomic E-state index is 5.75. The molecule has 0 aliphatic carbocycles. The van der Waals surface area contributed by atoms with Crippen molar-refractivity contribution in [2.75, 3.05) is 45.4 Å². The van der Waals surface area contributed by atoms with E-state index in [-0.39, 0.29) is 0 Å². The van der Waals surface area contributed by atoms with Crippen LogP contribution in [0.5, 0.6) is 0 Å². The Morgan fingerprint density at radius 3 is 2.67 bits per heavy atom. The molecule has 0 bridgehead atoms. The number of hydrogen-bond acceptors (Lipinski definition) is 5. The lowest BCUT2D eigenvalue weighted by molar-refractivity contribution is 0.191. The van der Waals surface area contributed by atoms with E-state index in [0.717, 1.165) is 37.5 Å². The maximum Gasteiger partial charge on any atom is 0.133 e. The molecule has 5 heteroatoms. The Hall–Kier alpha value is -1.17. The van der Waals surface area contributed by atoms with Crippen molar-refractivity contribution in [3.05, 3.63) is 23.9 Å². The van der Waals surface area contributed by atoms with Gasteiger partial charge in [-0.3, -0.25) is 0 Å². The fourth-order valence-corrected chi connectivity index (χ4v) is 1.80. The van der Waals surface area contributed by atoms with E-state index in [4.69, 9.17) is 15.2 Å². The maximum atomic E-state index is 5.75. The normalized spacial score (nSPS) is 10.6. The molecule has 0 atom stereocenters. The van der Waals surface area contributed by atoms with E-state index < -0.39 is 0 Å². The third kappa shape index (κ3) is 4.60. The van der Waals surface area contributed by atoms with Crippen molar-refractivity contribution in [1.29, 1.82) is 0 Å². The Bertz CT molecular complexity index is 334. The van der Waals surface area contributed by atoms with Crippen LogP contribution in [0.4, 0.5) is 5.82 Å². The molecule has 1 heterocycles. The third-order valence-corrected chi connectivity index (χ3v) is 2.73. The fourth-order valence-electron chi connectivity index (χ4n) is 1.80. The van der Waals surface area contributed by atoms with Crippen molar-refractivity contribution in [3.8, 4) is 0 Å². The average molecular weight is 253 g/mol. The van der Waals surface area contributed by atoms with E-state index in [9.17, 15) is 0 Å². The number of rotatable bonds is 9. The molecule has 102 valence electrons. The van der Waals surface area contributed by atoms with E-state index in [1.165, 1.54) is 0 Å². The molecule has 0 aromatic carbocycles. The highest BCUT2D eigenvalue weighted by Crippen LogP contribution is 2.16. The average Bonchev–Trinajstić information content (AvgIpc) is 2.42. The van der Waals surface area contributed by atoms with Gasteiger partial charge in [0.1, 0.15) is 5.82 Å². The van der Waals surface area contributed by atoms with Gasteiger partial charge in [0.15, 0.2) is 0 Å². The van der Waals surface area contributed by atoms with Crippen molar-refractivity contribution in [2.45, 2.75) is 13.0 Å². The van der Waals surface area contributed by atoms with Crippen molar-refractivity contribution < 1.29 is 9.47 Å². The standard InChI is InChI=1S/C13H23N3O2/c1-17-9-4-7-16(8-10-18-2)13-12(11-14)5-3-6-15-13/h3,5-6H,4,7-11,14H2,1-2H3. The minimum Gasteiger partial charge on any atom is -0.385 e. The van der Waals surface area contributed by atoms with Gasteiger partial charge in [-0.05, 0) is 12.5 Å². The molecule has 1 aromatic heterocycles. The minimum atomic E-state index is 0.497. The van der Waals surface area contributed by atoms with Gasteiger partial charge in [0, 0.05) is 52.2 Å². The van der Waals surface area contributed by atoms with Crippen LogP contribution in [0.15, 0.2) is 18.3 Å². The Kier molecular flexibility index (Phi) is 7.32. The van der Waals surface area contributed by atoms with Crippen LogP contribution in [0.25, 0.3) is 0 Å². The molecule has 0 spiro atoms. The van der Waals surface area contributed by atoms with Gasteiger partial charge in [0.25, 0.3) is 0 Å². The molecule has 0 fully saturated rings. The largest absolute Gasteiger partial charge is 0.385 e. The van der Waals surface area contributed by atoms with Crippen molar-refractivity contribution in [2.24, 2.45) is 5.73 Å². The second-order valence-corrected chi connectivity index (χ2v) is 4.02. The van der Waals surface area contributed by atoms with Gasteiger partial charge in [-0.25, -0.2) is 4.98 Å². The summed E-state index contributed by atoms with van der Waals surface area (Å²) in [5, 5.41) is 0. The molecule has 0 radical (unpaired) electrons. The first kappa shape index (κ1) is 14.9. The van der Waals surface area contributed by atoms with Gasteiger partial charge in [-0.15, -0.1) is 0 Å². The minimum absolute atomic E-state index is 0.497. The Morgan fingerprint density at radius 2 is 2.00 bits per heavy atom. The molecule has 0 amide bonds. The van der Waals surface area contributed by atoms with Gasteiger partial charge in [0.2, 0.25) is 0 Å². The molecule has 0 aliphatic rings. The highest BCUT2D eigenvalue weighted by Gasteiger charge is 2.11. The molecular formula is C13H23N3O2. The van der Waals surface area contributed by atoms with Crippen LogP contribution >= 0.6 is 0 Å². The smallest absolute Gasteiger partial charge is 0.133 e. The number of nitrogens with two attached hydrogens (primary N) is 1. The van der Waals surface area contributed by atoms with Gasteiger partial charge in [-0.2, -0.15) is 0 Å². The summed E-state index contributed by atoms with van der Waals surface area (Å²) in [6.45, 7) is 3.62. The zero-order valence-electron chi connectivity index (χ0n) is 11.3. The molecule has 0 aliphatic heterocycles. The first-order chi connectivity index (χ1) is 8.83. The molecule has 5 nitrogen and oxygen atoms in total. The number of ether oxygens (including phenoxy) is 2. The van der Waals surface area contributed by atoms with Gasteiger partial charge < -0.3 is 20.1 Å². The molecule has 2 N–H and O–H groups in total. The van der Waals surface area contributed by atoms with Crippen LogP contribution in [0, 0.1) is 0 Å².